The van der Waals surface area contributed by atoms with Gasteiger partial charge in [-0.15, -0.1) is 0 Å². The average molecular weight is 449 g/mol. The molecule has 0 atom stereocenters. The molecule has 3 aromatic heterocycles. The lowest BCUT2D eigenvalue weighted by atomic mass is 10.2. The molecule has 0 bridgehead atoms. The van der Waals surface area contributed by atoms with Crippen molar-refractivity contribution in [3.8, 4) is 11.4 Å². The van der Waals surface area contributed by atoms with Crippen LogP contribution in [0.1, 0.15) is 25.7 Å². The largest absolute Gasteiger partial charge is 0.378 e. The van der Waals surface area contributed by atoms with Crippen molar-refractivity contribution in [3.05, 3.63) is 24.7 Å². The first-order valence-electron chi connectivity index (χ1n) is 11.8. The van der Waals surface area contributed by atoms with E-state index in [1.165, 1.54) is 0 Å². The second-order valence-corrected chi connectivity index (χ2v) is 8.91. The number of pyridine rings is 1. The van der Waals surface area contributed by atoms with E-state index >= 15 is 0 Å². The minimum atomic E-state index is 0.234. The second-order valence-electron chi connectivity index (χ2n) is 8.91. The highest BCUT2D eigenvalue weighted by molar-refractivity contribution is 5.85. The molecule has 33 heavy (non-hydrogen) atoms. The molecule has 3 fully saturated rings. The molecule has 5 heterocycles. The number of rotatable bonds is 7. The zero-order valence-electron chi connectivity index (χ0n) is 18.6. The summed E-state index contributed by atoms with van der Waals surface area (Å²) in [5.74, 6) is 2.58. The highest BCUT2D eigenvalue weighted by Gasteiger charge is 2.25. The molecule has 1 N–H and O–H groups in total. The van der Waals surface area contributed by atoms with Gasteiger partial charge in [0.1, 0.15) is 11.3 Å². The lowest BCUT2D eigenvalue weighted by Crippen LogP contribution is -2.36. The second kappa shape index (κ2) is 8.58. The smallest absolute Gasteiger partial charge is 0.222 e. The number of carbonyl (C=O) groups excluding carboxylic acids is 1. The van der Waals surface area contributed by atoms with Crippen molar-refractivity contribution in [1.82, 2.24) is 29.4 Å². The van der Waals surface area contributed by atoms with Crippen LogP contribution in [0.15, 0.2) is 24.7 Å². The van der Waals surface area contributed by atoms with Crippen molar-refractivity contribution >= 4 is 28.7 Å². The summed E-state index contributed by atoms with van der Waals surface area (Å²) < 4.78 is 7.47. The van der Waals surface area contributed by atoms with Crippen molar-refractivity contribution < 1.29 is 9.53 Å². The number of imidazole rings is 1. The van der Waals surface area contributed by atoms with Gasteiger partial charge in [-0.05, 0) is 31.4 Å². The fraction of sp³-hybridized carbons (Fsp3) is 0.522. The van der Waals surface area contributed by atoms with E-state index in [1.54, 1.807) is 0 Å². The van der Waals surface area contributed by atoms with Crippen molar-refractivity contribution in [2.45, 2.75) is 38.3 Å². The number of nitrogens with zero attached hydrogens (tertiary/aromatic N) is 7. The van der Waals surface area contributed by atoms with Gasteiger partial charge in [-0.1, -0.05) is 0 Å². The Balaban J connectivity index is 1.30. The van der Waals surface area contributed by atoms with Crippen LogP contribution in [0.5, 0.6) is 0 Å². The number of likely N-dealkylation sites (tertiary alicyclic amines) is 1. The predicted octanol–water partition coefficient (Wildman–Crippen LogP) is 1.92. The summed E-state index contributed by atoms with van der Waals surface area (Å²) in [6.45, 7) is 5.33. The number of hydrogen-bond donors (Lipinski definition) is 1. The van der Waals surface area contributed by atoms with E-state index in [2.05, 4.69) is 20.2 Å². The van der Waals surface area contributed by atoms with Crippen LogP contribution >= 0.6 is 0 Å². The number of nitrogens with one attached hydrogen (secondary N) is 1. The summed E-state index contributed by atoms with van der Waals surface area (Å²) >= 11 is 0. The van der Waals surface area contributed by atoms with E-state index in [0.29, 0.717) is 31.4 Å². The van der Waals surface area contributed by atoms with Crippen molar-refractivity contribution in [3.63, 3.8) is 0 Å². The molecule has 0 unspecified atom stereocenters. The molecule has 0 aromatic carbocycles. The van der Waals surface area contributed by atoms with Crippen LogP contribution in [0, 0.1) is 0 Å². The third-order valence-corrected chi connectivity index (χ3v) is 6.51. The lowest BCUT2D eigenvalue weighted by Gasteiger charge is -2.27. The Hall–Kier alpha value is -3.27. The predicted molar refractivity (Wildman–Crippen MR) is 124 cm³/mol. The van der Waals surface area contributed by atoms with Gasteiger partial charge in [-0.3, -0.25) is 4.79 Å². The first-order chi connectivity index (χ1) is 16.2. The Labute approximate surface area is 192 Å². The zero-order chi connectivity index (χ0) is 22.2. The molecule has 0 radical (unpaired) electrons. The van der Waals surface area contributed by atoms with Crippen LogP contribution in [0.3, 0.4) is 0 Å². The molecular weight excluding hydrogens is 420 g/mol. The van der Waals surface area contributed by atoms with Gasteiger partial charge in [0.25, 0.3) is 0 Å². The van der Waals surface area contributed by atoms with Crippen LogP contribution in [0.2, 0.25) is 0 Å². The third-order valence-electron chi connectivity index (χ3n) is 6.51. The maximum Gasteiger partial charge on any atom is 0.222 e. The highest BCUT2D eigenvalue weighted by atomic mass is 16.5. The van der Waals surface area contributed by atoms with Crippen LogP contribution in [-0.2, 0) is 16.1 Å². The van der Waals surface area contributed by atoms with E-state index in [-0.39, 0.29) is 5.91 Å². The molecule has 10 heteroatoms. The van der Waals surface area contributed by atoms with E-state index in [0.717, 1.165) is 80.5 Å². The van der Waals surface area contributed by atoms with Crippen molar-refractivity contribution in [1.29, 1.82) is 0 Å². The Morgan fingerprint density at radius 2 is 1.94 bits per heavy atom. The number of aromatic nitrogens is 5. The lowest BCUT2D eigenvalue weighted by molar-refractivity contribution is -0.127. The molecule has 1 saturated carbocycles. The number of morpholine rings is 1. The third kappa shape index (κ3) is 4.22. The Morgan fingerprint density at radius 1 is 1.06 bits per heavy atom. The van der Waals surface area contributed by atoms with E-state index in [9.17, 15) is 4.79 Å². The maximum atomic E-state index is 12.0. The molecule has 172 valence electrons. The Bertz CT molecular complexity index is 1150. The van der Waals surface area contributed by atoms with Gasteiger partial charge in [-0.25, -0.2) is 19.9 Å². The summed E-state index contributed by atoms with van der Waals surface area (Å²) in [5.41, 5.74) is 2.43. The van der Waals surface area contributed by atoms with Crippen LogP contribution in [0.4, 0.5) is 11.6 Å². The minimum absolute atomic E-state index is 0.234. The molecule has 2 aliphatic heterocycles. The summed E-state index contributed by atoms with van der Waals surface area (Å²) in [7, 11) is 0. The number of anilines is 2. The van der Waals surface area contributed by atoms with Gasteiger partial charge < -0.3 is 24.4 Å². The van der Waals surface area contributed by atoms with Gasteiger partial charge >= 0.3 is 0 Å². The van der Waals surface area contributed by atoms with Gasteiger partial charge in [0, 0.05) is 56.9 Å². The summed E-state index contributed by atoms with van der Waals surface area (Å²) in [5, 5.41) is 3.52. The quantitative estimate of drug-likeness (QED) is 0.585. The number of ether oxygens (including phenoxy) is 1. The number of hydrogen-bond acceptors (Lipinski definition) is 8. The fourth-order valence-corrected chi connectivity index (χ4v) is 4.43. The number of carbonyl (C=O) groups is 1. The van der Waals surface area contributed by atoms with Gasteiger partial charge in [0.2, 0.25) is 5.91 Å². The molecule has 1 amide bonds. The molecule has 2 saturated heterocycles. The normalized spacial score (nSPS) is 19.0. The minimum Gasteiger partial charge on any atom is -0.378 e. The fourth-order valence-electron chi connectivity index (χ4n) is 4.43. The van der Waals surface area contributed by atoms with Gasteiger partial charge in [-0.2, -0.15) is 0 Å². The van der Waals surface area contributed by atoms with Gasteiger partial charge in [0.15, 0.2) is 17.3 Å². The number of fused-ring (bicyclic) bond motifs is 1. The highest BCUT2D eigenvalue weighted by Crippen LogP contribution is 2.30. The van der Waals surface area contributed by atoms with Crippen LogP contribution in [-0.4, -0.2) is 80.7 Å². The van der Waals surface area contributed by atoms with E-state index in [4.69, 9.17) is 14.7 Å². The molecule has 0 spiro atoms. The average Bonchev–Trinajstić information content (AvgIpc) is 3.43. The summed E-state index contributed by atoms with van der Waals surface area (Å²) in [4.78, 5) is 35.1. The topological polar surface area (TPSA) is 101 Å². The molecular formula is C23H28N8O2. The standard InChI is InChI=1S/C23H28N8O2/c32-19-2-1-7-30(19)8-9-31-15-25-20-22(26-17-4-5-17)27-21(28-23(20)31)16-3-6-18(24-14-16)29-10-12-33-13-11-29/h3,6,14-15,17H,1-2,4-5,7-13H2,(H,26,27,28). The first-order valence-corrected chi connectivity index (χ1v) is 11.8. The Morgan fingerprint density at radius 3 is 2.67 bits per heavy atom. The molecule has 10 nitrogen and oxygen atoms in total. The molecule has 3 aromatic rings. The van der Waals surface area contributed by atoms with Crippen LogP contribution < -0.4 is 10.2 Å². The first kappa shape index (κ1) is 20.3. The monoisotopic (exact) mass is 448 g/mol. The van der Waals surface area contributed by atoms with E-state index < -0.39 is 0 Å². The van der Waals surface area contributed by atoms with Crippen molar-refractivity contribution in [2.24, 2.45) is 0 Å². The molecule has 3 aliphatic rings. The van der Waals surface area contributed by atoms with Crippen molar-refractivity contribution in [2.75, 3.05) is 49.6 Å². The van der Waals surface area contributed by atoms with E-state index in [1.807, 2.05) is 34.1 Å². The Kier molecular flexibility index (Phi) is 5.29. The SMILES string of the molecule is O=C1CCCN1CCn1cnc2c(NC3CC3)nc(-c3ccc(N4CCOCC4)nc3)nc21. The molecule has 6 rings (SSSR count). The number of amides is 1. The summed E-state index contributed by atoms with van der Waals surface area (Å²) in [6.07, 6.45) is 7.54. The van der Waals surface area contributed by atoms with Crippen LogP contribution in [0.25, 0.3) is 22.6 Å². The van der Waals surface area contributed by atoms with Gasteiger partial charge in [0.05, 0.1) is 19.5 Å². The summed E-state index contributed by atoms with van der Waals surface area (Å²) in [6, 6.07) is 4.51. The maximum absolute atomic E-state index is 12.0. The molecule has 1 aliphatic carbocycles. The zero-order valence-corrected chi connectivity index (χ0v) is 18.6.